The molecule has 3 aromatic rings. The molecule has 0 saturated carbocycles. The lowest BCUT2D eigenvalue weighted by Gasteiger charge is -2.34. The average molecular weight is 423 g/mol. The molecule has 3 amide bonds. The zero-order valence-electron chi connectivity index (χ0n) is 15.9. The minimum Gasteiger partial charge on any atom is -0.342 e. The molecule has 152 valence electrons. The third-order valence-corrected chi connectivity index (χ3v) is 6.35. The molecule has 0 radical (unpaired) electrons. The van der Waals surface area contributed by atoms with Gasteiger partial charge >= 0.3 is 6.03 Å². The Labute approximate surface area is 176 Å². The second-order valence-electron chi connectivity index (χ2n) is 7.19. The van der Waals surface area contributed by atoms with E-state index in [2.05, 4.69) is 10.2 Å². The summed E-state index contributed by atoms with van der Waals surface area (Å²) in [5.41, 5.74) is 1.15. The van der Waals surface area contributed by atoms with Crippen LogP contribution in [-0.4, -0.2) is 52.7 Å². The zero-order valence-corrected chi connectivity index (χ0v) is 16.8. The second kappa shape index (κ2) is 7.49. The third-order valence-electron chi connectivity index (χ3n) is 5.36. The van der Waals surface area contributed by atoms with Crippen molar-refractivity contribution in [1.29, 1.82) is 0 Å². The molecule has 1 atom stereocenters. The highest BCUT2D eigenvalue weighted by atomic mass is 32.1. The van der Waals surface area contributed by atoms with Crippen LogP contribution in [0.15, 0.2) is 54.6 Å². The van der Waals surface area contributed by atoms with Gasteiger partial charge in [0.25, 0.3) is 5.91 Å². The fourth-order valence-corrected chi connectivity index (χ4v) is 4.73. The van der Waals surface area contributed by atoms with Crippen LogP contribution in [-0.2, 0) is 11.2 Å². The summed E-state index contributed by atoms with van der Waals surface area (Å²) in [6.07, 6.45) is 0.368. The number of carbonyl (C=O) groups is 2. The summed E-state index contributed by atoms with van der Waals surface area (Å²) in [7, 11) is 0. The number of rotatable bonds is 4. The summed E-state index contributed by atoms with van der Waals surface area (Å²) in [5, 5.41) is 9.82. The lowest BCUT2D eigenvalue weighted by molar-refractivity contribution is -0.119. The van der Waals surface area contributed by atoms with Crippen LogP contribution in [0, 0.1) is 5.82 Å². The van der Waals surface area contributed by atoms with Gasteiger partial charge in [-0.15, -0.1) is 10.2 Å². The van der Waals surface area contributed by atoms with Crippen LogP contribution >= 0.6 is 11.3 Å². The molecule has 5 rings (SSSR count). The summed E-state index contributed by atoms with van der Waals surface area (Å²) >= 11 is 1.38. The van der Waals surface area contributed by atoms with E-state index in [1.807, 2.05) is 11.0 Å². The lowest BCUT2D eigenvalue weighted by Crippen LogP contribution is -2.53. The van der Waals surface area contributed by atoms with Gasteiger partial charge in [-0.1, -0.05) is 47.7 Å². The number of hydrogen-bond donors (Lipinski definition) is 0. The summed E-state index contributed by atoms with van der Waals surface area (Å²) in [6.45, 7) is 1.36. The molecule has 0 spiro atoms. The summed E-state index contributed by atoms with van der Waals surface area (Å²) in [5.74, 6) is -0.495. The van der Waals surface area contributed by atoms with Crippen molar-refractivity contribution in [2.24, 2.45) is 0 Å². The molecular formula is C21H18FN5O2S. The number of benzene rings is 2. The molecule has 9 heteroatoms. The van der Waals surface area contributed by atoms with Crippen LogP contribution in [0.2, 0.25) is 0 Å². The van der Waals surface area contributed by atoms with E-state index in [-0.39, 0.29) is 17.8 Å². The normalized spacial score (nSPS) is 18.8. The van der Waals surface area contributed by atoms with Crippen molar-refractivity contribution >= 4 is 34.1 Å². The Bertz CT molecular complexity index is 1110. The van der Waals surface area contributed by atoms with Crippen LogP contribution in [0.3, 0.4) is 0 Å². The highest BCUT2D eigenvalue weighted by Gasteiger charge is 2.48. The van der Waals surface area contributed by atoms with Gasteiger partial charge in [0.05, 0.1) is 5.69 Å². The number of aromatic nitrogens is 2. The standard InChI is InChI=1S/C21H18FN5O2S/c22-16-9-5-4-6-14(16)12-18-23-24-20(30-18)25-10-11-26-17(13-25)19(28)27(21(26)29)15-7-2-1-3-8-15/h1-9,17H,10-13H2. The maximum atomic E-state index is 13.9. The fraction of sp³-hybridized carbons (Fsp3) is 0.238. The van der Waals surface area contributed by atoms with Crippen molar-refractivity contribution in [2.75, 3.05) is 29.4 Å². The molecule has 0 aliphatic carbocycles. The van der Waals surface area contributed by atoms with Gasteiger partial charge in [-0.05, 0) is 23.8 Å². The Morgan fingerprint density at radius 1 is 1.00 bits per heavy atom. The number of hydrogen-bond acceptors (Lipinski definition) is 6. The first-order chi connectivity index (χ1) is 14.6. The number of urea groups is 1. The maximum absolute atomic E-state index is 13.9. The van der Waals surface area contributed by atoms with Crippen molar-refractivity contribution in [2.45, 2.75) is 12.5 Å². The molecule has 2 saturated heterocycles. The quantitative estimate of drug-likeness (QED) is 0.604. The molecule has 0 bridgehead atoms. The molecule has 2 aliphatic rings. The molecule has 1 unspecified atom stereocenters. The molecule has 2 fully saturated rings. The van der Waals surface area contributed by atoms with Crippen LogP contribution < -0.4 is 9.80 Å². The average Bonchev–Trinajstić information content (AvgIpc) is 3.33. The Hall–Kier alpha value is -3.33. The van der Waals surface area contributed by atoms with E-state index in [1.165, 1.54) is 22.3 Å². The predicted molar refractivity (Wildman–Crippen MR) is 111 cm³/mol. The summed E-state index contributed by atoms with van der Waals surface area (Å²) in [6, 6.07) is 14.7. The Morgan fingerprint density at radius 2 is 1.77 bits per heavy atom. The number of para-hydroxylation sites is 1. The number of nitrogens with zero attached hydrogens (tertiary/aromatic N) is 5. The van der Waals surface area contributed by atoms with Crippen LogP contribution in [0.1, 0.15) is 10.6 Å². The lowest BCUT2D eigenvalue weighted by atomic mass is 10.1. The van der Waals surface area contributed by atoms with E-state index in [9.17, 15) is 14.0 Å². The van der Waals surface area contributed by atoms with Gasteiger partial charge in [0, 0.05) is 26.1 Å². The molecule has 2 aromatic carbocycles. The first kappa shape index (κ1) is 18.7. The fourth-order valence-electron chi connectivity index (χ4n) is 3.83. The van der Waals surface area contributed by atoms with E-state index in [0.717, 1.165) is 0 Å². The highest BCUT2D eigenvalue weighted by Crippen LogP contribution is 2.30. The smallest absolute Gasteiger partial charge is 0.332 e. The van der Waals surface area contributed by atoms with Gasteiger partial charge in [-0.3, -0.25) is 4.79 Å². The van der Waals surface area contributed by atoms with E-state index < -0.39 is 6.04 Å². The van der Waals surface area contributed by atoms with Crippen molar-refractivity contribution in [1.82, 2.24) is 15.1 Å². The number of halogens is 1. The molecule has 7 nitrogen and oxygen atoms in total. The monoisotopic (exact) mass is 423 g/mol. The predicted octanol–water partition coefficient (Wildman–Crippen LogP) is 2.93. The number of piperazine rings is 1. The van der Waals surface area contributed by atoms with Gasteiger partial charge in [-0.2, -0.15) is 0 Å². The minimum atomic E-state index is -0.551. The number of amides is 3. The molecule has 2 aliphatic heterocycles. The van der Waals surface area contributed by atoms with Crippen molar-refractivity contribution < 1.29 is 14.0 Å². The van der Waals surface area contributed by atoms with Gasteiger partial charge in [0.2, 0.25) is 5.13 Å². The second-order valence-corrected chi connectivity index (χ2v) is 8.23. The van der Waals surface area contributed by atoms with E-state index in [0.29, 0.717) is 47.4 Å². The van der Waals surface area contributed by atoms with Crippen molar-refractivity contribution in [3.05, 3.63) is 71.0 Å². The molecular weight excluding hydrogens is 405 g/mol. The van der Waals surface area contributed by atoms with Gasteiger partial charge in [0.15, 0.2) is 0 Å². The Kier molecular flexibility index (Phi) is 4.66. The first-order valence-corrected chi connectivity index (χ1v) is 10.4. The Morgan fingerprint density at radius 3 is 2.57 bits per heavy atom. The zero-order chi connectivity index (χ0) is 20.7. The van der Waals surface area contributed by atoms with Crippen molar-refractivity contribution in [3.8, 4) is 0 Å². The number of fused-ring (bicyclic) bond motifs is 1. The highest BCUT2D eigenvalue weighted by molar-refractivity contribution is 7.15. The van der Waals surface area contributed by atoms with E-state index >= 15 is 0 Å². The molecule has 0 N–H and O–H groups in total. The Balaban J connectivity index is 1.32. The molecule has 30 heavy (non-hydrogen) atoms. The van der Waals surface area contributed by atoms with Gasteiger partial charge in [-0.25, -0.2) is 14.1 Å². The topological polar surface area (TPSA) is 69.6 Å². The maximum Gasteiger partial charge on any atom is 0.332 e. The van der Waals surface area contributed by atoms with Crippen LogP contribution in [0.5, 0.6) is 0 Å². The molecule has 1 aromatic heterocycles. The summed E-state index contributed by atoms with van der Waals surface area (Å²) in [4.78, 5) is 30.6. The minimum absolute atomic E-state index is 0.230. The van der Waals surface area contributed by atoms with Gasteiger partial charge in [0.1, 0.15) is 16.9 Å². The van der Waals surface area contributed by atoms with Gasteiger partial charge < -0.3 is 9.80 Å². The van der Waals surface area contributed by atoms with E-state index in [4.69, 9.17) is 0 Å². The SMILES string of the molecule is O=C1C2CN(c3nnc(Cc4ccccc4F)s3)CCN2C(=O)N1c1ccccc1. The van der Waals surface area contributed by atoms with Crippen LogP contribution in [0.25, 0.3) is 0 Å². The summed E-state index contributed by atoms with van der Waals surface area (Å²) < 4.78 is 13.9. The van der Waals surface area contributed by atoms with Crippen LogP contribution in [0.4, 0.5) is 20.0 Å². The first-order valence-electron chi connectivity index (χ1n) is 9.62. The number of carbonyl (C=O) groups excluding carboxylic acids is 2. The number of anilines is 2. The third kappa shape index (κ3) is 3.21. The largest absolute Gasteiger partial charge is 0.342 e. The number of imide groups is 1. The van der Waals surface area contributed by atoms with Crippen molar-refractivity contribution in [3.63, 3.8) is 0 Å². The van der Waals surface area contributed by atoms with E-state index in [1.54, 1.807) is 47.4 Å². The molecule has 3 heterocycles.